The topological polar surface area (TPSA) is 93.8 Å². The Kier molecular flexibility index (Phi) is 5.14. The summed E-state index contributed by atoms with van der Waals surface area (Å²) in [5, 5.41) is 0.572. The highest BCUT2D eigenvalue weighted by molar-refractivity contribution is 7.20. The maximum absolute atomic E-state index is 11.5. The molecule has 2 aliphatic heterocycles. The summed E-state index contributed by atoms with van der Waals surface area (Å²) in [6, 6.07) is 11.9. The number of fused-ring (bicyclic) bond motifs is 3. The van der Waals surface area contributed by atoms with Gasteiger partial charge in [0.05, 0.1) is 4.70 Å². The number of aromatic nitrogens is 2. The Morgan fingerprint density at radius 3 is 2.57 bits per heavy atom. The molecule has 2 amide bonds. The monoisotopic (exact) mass is 425 g/mol. The van der Waals surface area contributed by atoms with E-state index in [2.05, 4.69) is 14.9 Å². The van der Waals surface area contributed by atoms with Crippen LogP contribution >= 0.6 is 11.3 Å². The van der Waals surface area contributed by atoms with Crippen LogP contribution in [-0.2, 0) is 0 Å². The number of nitrogens with two attached hydrogens (primary N) is 1. The second-order valence-electron chi connectivity index (χ2n) is 7.59. The standard InChI is InChI=1S/C21H23N5O3S/c22-20(27)25-12-14-3-4-15(13-25)26(14)10-11-28-16-5-7-17(8-6-16)29-21-24-19-18(30-21)2-1-9-23-19/h1-2,5-9,14-15H,3-4,10-13H2,(H2,22,27)/t14-,15?/m1/s1. The molecule has 9 heteroatoms. The van der Waals surface area contributed by atoms with Crippen molar-refractivity contribution in [3.63, 3.8) is 0 Å². The Hall–Kier alpha value is -2.91. The Bertz CT molecular complexity index is 994. The number of carbonyl (C=O) groups excluding carboxylic acids is 1. The molecule has 30 heavy (non-hydrogen) atoms. The summed E-state index contributed by atoms with van der Waals surface area (Å²) < 4.78 is 12.8. The van der Waals surface area contributed by atoms with E-state index < -0.39 is 0 Å². The smallest absolute Gasteiger partial charge is 0.314 e. The molecule has 2 fully saturated rings. The van der Waals surface area contributed by atoms with Crippen LogP contribution in [0.1, 0.15) is 12.8 Å². The number of likely N-dealkylation sites (tertiary alicyclic amines) is 1. The molecule has 1 aromatic carbocycles. The number of rotatable bonds is 6. The Labute approximate surface area is 178 Å². The predicted molar refractivity (Wildman–Crippen MR) is 114 cm³/mol. The minimum atomic E-state index is -0.313. The minimum Gasteiger partial charge on any atom is -0.492 e. The number of benzene rings is 1. The first-order valence-corrected chi connectivity index (χ1v) is 10.9. The van der Waals surface area contributed by atoms with Crippen LogP contribution in [0.15, 0.2) is 42.6 Å². The van der Waals surface area contributed by atoms with E-state index in [1.54, 1.807) is 11.1 Å². The van der Waals surface area contributed by atoms with Crippen molar-refractivity contribution in [1.82, 2.24) is 19.8 Å². The van der Waals surface area contributed by atoms with Crippen LogP contribution in [0.2, 0.25) is 0 Å². The zero-order chi connectivity index (χ0) is 20.5. The third-order valence-electron chi connectivity index (χ3n) is 5.74. The highest BCUT2D eigenvalue weighted by atomic mass is 32.1. The van der Waals surface area contributed by atoms with Gasteiger partial charge >= 0.3 is 6.03 Å². The number of hydrogen-bond acceptors (Lipinski definition) is 7. The SMILES string of the molecule is NC(=O)N1CC2CC[C@H](C1)N2CCOc1ccc(Oc2nc3ncccc3s2)cc1. The van der Waals surface area contributed by atoms with E-state index in [1.165, 1.54) is 11.3 Å². The largest absolute Gasteiger partial charge is 0.492 e. The van der Waals surface area contributed by atoms with Gasteiger partial charge in [0.2, 0.25) is 0 Å². The molecule has 2 atom stereocenters. The lowest BCUT2D eigenvalue weighted by Crippen LogP contribution is -2.57. The van der Waals surface area contributed by atoms with Gasteiger partial charge in [-0.05, 0) is 49.2 Å². The third kappa shape index (κ3) is 3.90. The van der Waals surface area contributed by atoms with Crippen molar-refractivity contribution >= 4 is 27.7 Å². The number of primary amides is 1. The summed E-state index contributed by atoms with van der Waals surface area (Å²) >= 11 is 1.47. The van der Waals surface area contributed by atoms with Crippen molar-refractivity contribution in [2.24, 2.45) is 5.73 Å². The molecule has 2 bridgehead atoms. The number of thiazole rings is 1. The summed E-state index contributed by atoms with van der Waals surface area (Å²) in [6.07, 6.45) is 3.95. The van der Waals surface area contributed by atoms with E-state index in [4.69, 9.17) is 15.2 Å². The van der Waals surface area contributed by atoms with Crippen LogP contribution in [0.25, 0.3) is 10.3 Å². The van der Waals surface area contributed by atoms with E-state index >= 15 is 0 Å². The van der Waals surface area contributed by atoms with E-state index in [0.717, 1.165) is 42.9 Å². The van der Waals surface area contributed by atoms with Crippen LogP contribution in [0.4, 0.5) is 4.79 Å². The van der Waals surface area contributed by atoms with Gasteiger partial charge in [0, 0.05) is 37.9 Å². The Morgan fingerprint density at radius 1 is 1.13 bits per heavy atom. The molecule has 1 unspecified atom stereocenters. The van der Waals surface area contributed by atoms with Gasteiger partial charge < -0.3 is 20.1 Å². The molecule has 8 nitrogen and oxygen atoms in total. The second-order valence-corrected chi connectivity index (χ2v) is 8.59. The van der Waals surface area contributed by atoms with E-state index in [-0.39, 0.29) is 6.03 Å². The molecule has 156 valence electrons. The lowest BCUT2D eigenvalue weighted by molar-refractivity contribution is 0.0735. The molecule has 0 aliphatic carbocycles. The highest BCUT2D eigenvalue weighted by Crippen LogP contribution is 2.31. The zero-order valence-electron chi connectivity index (χ0n) is 16.4. The van der Waals surface area contributed by atoms with Crippen molar-refractivity contribution in [3.8, 4) is 16.7 Å². The quantitative estimate of drug-likeness (QED) is 0.652. The number of pyridine rings is 1. The summed E-state index contributed by atoms with van der Waals surface area (Å²) in [5.41, 5.74) is 6.15. The van der Waals surface area contributed by atoms with Crippen molar-refractivity contribution in [1.29, 1.82) is 0 Å². The fourth-order valence-corrected chi connectivity index (χ4v) is 5.10. The molecule has 2 aliphatic rings. The van der Waals surface area contributed by atoms with Crippen molar-refractivity contribution in [3.05, 3.63) is 42.6 Å². The lowest BCUT2D eigenvalue weighted by atomic mass is 10.2. The zero-order valence-corrected chi connectivity index (χ0v) is 17.3. The molecule has 0 spiro atoms. The first-order chi connectivity index (χ1) is 14.7. The number of ether oxygens (including phenoxy) is 2. The third-order valence-corrected chi connectivity index (χ3v) is 6.63. The number of amides is 2. The summed E-state index contributed by atoms with van der Waals surface area (Å²) in [5.74, 6) is 1.51. The molecule has 0 saturated carbocycles. The Morgan fingerprint density at radius 2 is 1.87 bits per heavy atom. The molecular weight excluding hydrogens is 402 g/mol. The number of nitrogens with zero attached hydrogens (tertiary/aromatic N) is 4. The van der Waals surface area contributed by atoms with Crippen molar-refractivity contribution in [2.75, 3.05) is 26.2 Å². The van der Waals surface area contributed by atoms with Crippen molar-refractivity contribution < 1.29 is 14.3 Å². The van der Waals surface area contributed by atoms with E-state index in [1.807, 2.05) is 36.4 Å². The van der Waals surface area contributed by atoms with Gasteiger partial charge in [-0.3, -0.25) is 4.90 Å². The fraction of sp³-hybridized carbons (Fsp3) is 0.381. The highest BCUT2D eigenvalue weighted by Gasteiger charge is 2.40. The molecule has 3 aromatic rings. The maximum atomic E-state index is 11.5. The molecule has 2 saturated heterocycles. The fourth-order valence-electron chi connectivity index (χ4n) is 4.30. The van der Waals surface area contributed by atoms with Gasteiger partial charge in [0.1, 0.15) is 18.1 Å². The van der Waals surface area contributed by atoms with Gasteiger partial charge in [0.25, 0.3) is 5.19 Å². The van der Waals surface area contributed by atoms with Gasteiger partial charge in [-0.2, -0.15) is 4.98 Å². The first kappa shape index (κ1) is 19.1. The summed E-state index contributed by atoms with van der Waals surface area (Å²) in [7, 11) is 0. The molecule has 5 rings (SSSR count). The average molecular weight is 426 g/mol. The van der Waals surface area contributed by atoms with Gasteiger partial charge in [-0.15, -0.1) is 0 Å². The van der Waals surface area contributed by atoms with Crippen LogP contribution < -0.4 is 15.2 Å². The van der Waals surface area contributed by atoms with Crippen LogP contribution in [0, 0.1) is 0 Å². The molecule has 2 N–H and O–H groups in total. The second kappa shape index (κ2) is 8.08. The van der Waals surface area contributed by atoms with Crippen molar-refractivity contribution in [2.45, 2.75) is 24.9 Å². The van der Waals surface area contributed by atoms with Gasteiger partial charge in [-0.1, -0.05) is 11.3 Å². The summed E-state index contributed by atoms with van der Waals surface area (Å²) in [4.78, 5) is 24.3. The van der Waals surface area contributed by atoms with Crippen LogP contribution in [-0.4, -0.2) is 64.1 Å². The number of piperazine rings is 1. The lowest BCUT2D eigenvalue weighted by Gasteiger charge is -2.40. The maximum Gasteiger partial charge on any atom is 0.314 e. The molecule has 2 aromatic heterocycles. The molecular formula is C21H23N5O3S. The Balaban J connectivity index is 1.13. The number of urea groups is 1. The number of carbonyl (C=O) groups is 1. The average Bonchev–Trinajstić information content (AvgIpc) is 3.25. The molecule has 0 radical (unpaired) electrons. The van der Waals surface area contributed by atoms with E-state index in [0.29, 0.717) is 35.3 Å². The van der Waals surface area contributed by atoms with Crippen LogP contribution in [0.3, 0.4) is 0 Å². The van der Waals surface area contributed by atoms with E-state index in [9.17, 15) is 4.79 Å². The predicted octanol–water partition coefficient (Wildman–Crippen LogP) is 3.09. The first-order valence-electron chi connectivity index (χ1n) is 10.1. The van der Waals surface area contributed by atoms with Crippen LogP contribution in [0.5, 0.6) is 16.7 Å². The van der Waals surface area contributed by atoms with Gasteiger partial charge in [-0.25, -0.2) is 9.78 Å². The normalized spacial score (nSPS) is 21.1. The minimum absolute atomic E-state index is 0.313. The van der Waals surface area contributed by atoms with Gasteiger partial charge in [0.15, 0.2) is 5.65 Å². The number of hydrogen-bond donors (Lipinski definition) is 1. The molecule has 4 heterocycles. The summed E-state index contributed by atoms with van der Waals surface area (Å²) in [6.45, 7) is 2.89.